The summed E-state index contributed by atoms with van der Waals surface area (Å²) in [4.78, 5) is 4.85. The van der Waals surface area contributed by atoms with E-state index in [4.69, 9.17) is 0 Å². The molecular formula is C84H60N4Si. The Morgan fingerprint density at radius 3 is 0.809 bits per heavy atom. The largest absolute Gasteiger partial charge is 0.310 e. The van der Waals surface area contributed by atoms with Crippen LogP contribution in [-0.4, -0.2) is 17.2 Å². The molecule has 4 nitrogen and oxygen atoms in total. The van der Waals surface area contributed by atoms with Crippen molar-refractivity contribution < 1.29 is 0 Å². The molecule has 0 unspecified atom stereocenters. The Kier molecular flexibility index (Phi) is 13.5. The Morgan fingerprint density at radius 2 is 0.449 bits per heavy atom. The molecule has 0 spiro atoms. The first-order chi connectivity index (χ1) is 44.2. The first-order valence-corrected chi connectivity index (χ1v) is 32.6. The summed E-state index contributed by atoms with van der Waals surface area (Å²) in [6.45, 7) is 0. The molecule has 0 fully saturated rings. The third-order valence-corrected chi connectivity index (χ3v) is 22.7. The first-order valence-electron chi connectivity index (χ1n) is 30.6. The highest BCUT2D eigenvalue weighted by Crippen LogP contribution is 2.43. The standard InChI is InChI=1S/C84H60N4Si/c1-7-23-61(24-8-1)63-39-43-67(44-40-63)85(71-51-57-83-79(59-71)77-35-19-21-37-81(77)87(83)65-27-11-3-12-28-65)69-47-53-75(54-48-69)89(73-31-15-5-16-32-73,74-33-17-6-18-34-74)76-55-49-70(50-56-76)86(68-45-41-64(42-46-68)62-25-9-2-10-26-62)72-52-58-84-80(60-72)78-36-20-22-38-82(78)88(84)66-29-13-4-14-30-66/h1-60H. The van der Waals surface area contributed by atoms with Crippen LogP contribution >= 0.6 is 0 Å². The lowest BCUT2D eigenvalue weighted by Gasteiger charge is -2.35. The van der Waals surface area contributed by atoms with Crippen LogP contribution in [0, 0.1) is 0 Å². The lowest BCUT2D eigenvalue weighted by atomic mass is 10.0. The normalized spacial score (nSPS) is 11.6. The van der Waals surface area contributed by atoms with Crippen LogP contribution in [0.25, 0.3) is 77.2 Å². The van der Waals surface area contributed by atoms with Gasteiger partial charge in [-0.15, -0.1) is 0 Å². The van der Waals surface area contributed by atoms with Gasteiger partial charge in [-0.1, -0.05) is 243 Å². The first kappa shape index (κ1) is 53.0. The average molecular weight is 1150 g/mol. The summed E-state index contributed by atoms with van der Waals surface area (Å²) in [7, 11) is -3.06. The molecule has 0 radical (unpaired) electrons. The van der Waals surface area contributed by atoms with E-state index >= 15 is 0 Å². The van der Waals surface area contributed by atoms with Gasteiger partial charge in [0.25, 0.3) is 0 Å². The van der Waals surface area contributed by atoms with Crippen molar-refractivity contribution in [3.8, 4) is 33.6 Å². The maximum atomic E-state index is 2.42. The van der Waals surface area contributed by atoms with Gasteiger partial charge in [-0.05, 0) is 164 Å². The van der Waals surface area contributed by atoms with Crippen LogP contribution in [0.1, 0.15) is 0 Å². The molecule has 2 aromatic heterocycles. The second-order valence-corrected chi connectivity index (χ2v) is 26.7. The topological polar surface area (TPSA) is 16.3 Å². The van der Waals surface area contributed by atoms with Gasteiger partial charge in [0.2, 0.25) is 0 Å². The third-order valence-electron chi connectivity index (χ3n) is 17.9. The summed E-state index contributed by atoms with van der Waals surface area (Å²) >= 11 is 0. The van der Waals surface area contributed by atoms with Gasteiger partial charge in [0.1, 0.15) is 0 Å². The monoisotopic (exact) mass is 1150 g/mol. The lowest BCUT2D eigenvalue weighted by molar-refractivity contribution is 1.18. The minimum Gasteiger partial charge on any atom is -0.310 e. The number of hydrogen-bond donors (Lipinski definition) is 0. The molecule has 0 N–H and O–H groups in total. The van der Waals surface area contributed by atoms with Crippen molar-refractivity contribution in [2.75, 3.05) is 9.80 Å². The second-order valence-electron chi connectivity index (χ2n) is 22.9. The number of anilines is 6. The van der Waals surface area contributed by atoms with E-state index in [1.165, 1.54) is 86.6 Å². The van der Waals surface area contributed by atoms with E-state index in [0.717, 1.165) is 45.5 Å². The molecule has 0 saturated carbocycles. The van der Waals surface area contributed by atoms with Crippen LogP contribution < -0.4 is 30.5 Å². The molecule has 0 aliphatic carbocycles. The summed E-state index contributed by atoms with van der Waals surface area (Å²) in [5, 5.41) is 10.0. The number of fused-ring (bicyclic) bond motifs is 6. The Balaban J connectivity index is 0.848. The fourth-order valence-electron chi connectivity index (χ4n) is 13.8. The van der Waals surface area contributed by atoms with E-state index in [-0.39, 0.29) is 0 Å². The lowest BCUT2D eigenvalue weighted by Crippen LogP contribution is -2.74. The highest BCUT2D eigenvalue weighted by molar-refractivity contribution is 7.19. The van der Waals surface area contributed by atoms with Crippen LogP contribution in [0.2, 0.25) is 0 Å². The van der Waals surface area contributed by atoms with Crippen LogP contribution in [0.3, 0.4) is 0 Å². The molecular weight excluding hydrogens is 1090 g/mol. The van der Waals surface area contributed by atoms with Gasteiger partial charge < -0.3 is 18.9 Å². The SMILES string of the molecule is c1ccc(-c2ccc(N(c3ccc([Si](c4ccccc4)(c4ccccc4)c4ccc(N(c5ccc(-c6ccccc6)cc5)c5ccc6c(c5)c5ccccc5n6-c5ccccc5)cc4)cc3)c3ccc4c(c3)c3ccccc3n4-c3ccccc3)cc2)cc1. The minimum atomic E-state index is -3.06. The van der Waals surface area contributed by atoms with E-state index < -0.39 is 8.07 Å². The zero-order chi connectivity index (χ0) is 59.1. The van der Waals surface area contributed by atoms with Crippen LogP contribution in [0.5, 0.6) is 0 Å². The minimum absolute atomic E-state index is 1.07. The molecule has 0 atom stereocenters. The maximum Gasteiger partial charge on any atom is 0.179 e. The molecule has 2 heterocycles. The molecule has 89 heavy (non-hydrogen) atoms. The van der Waals surface area contributed by atoms with Crippen molar-refractivity contribution in [3.63, 3.8) is 0 Å². The van der Waals surface area contributed by atoms with E-state index in [1.54, 1.807) is 0 Å². The van der Waals surface area contributed by atoms with Gasteiger partial charge in [-0.3, -0.25) is 0 Å². The molecule has 420 valence electrons. The van der Waals surface area contributed by atoms with Gasteiger partial charge in [-0.2, -0.15) is 0 Å². The zero-order valence-electron chi connectivity index (χ0n) is 48.9. The van der Waals surface area contributed by atoms with Gasteiger partial charge in [-0.25, -0.2) is 0 Å². The summed E-state index contributed by atoms with van der Waals surface area (Å²) < 4.78 is 4.78. The molecule has 0 saturated heterocycles. The third kappa shape index (κ3) is 9.40. The van der Waals surface area contributed by atoms with Gasteiger partial charge in [0, 0.05) is 67.0 Å². The van der Waals surface area contributed by atoms with Gasteiger partial charge in [0.15, 0.2) is 8.07 Å². The van der Waals surface area contributed by atoms with Gasteiger partial charge in [0.05, 0.1) is 22.1 Å². The number of hydrogen-bond acceptors (Lipinski definition) is 2. The zero-order valence-corrected chi connectivity index (χ0v) is 49.9. The van der Waals surface area contributed by atoms with Crippen molar-refractivity contribution in [3.05, 3.63) is 364 Å². The van der Waals surface area contributed by atoms with Crippen LogP contribution in [0.15, 0.2) is 364 Å². The van der Waals surface area contributed by atoms with E-state index in [0.29, 0.717) is 0 Å². The highest BCUT2D eigenvalue weighted by Gasteiger charge is 2.41. The summed E-state index contributed by atoms with van der Waals surface area (Å²) in [5.74, 6) is 0. The molecule has 0 amide bonds. The van der Waals surface area contributed by atoms with E-state index in [9.17, 15) is 0 Å². The van der Waals surface area contributed by atoms with Crippen molar-refractivity contribution in [2.24, 2.45) is 0 Å². The van der Waals surface area contributed by atoms with Crippen molar-refractivity contribution in [1.29, 1.82) is 0 Å². The average Bonchev–Trinajstić information content (AvgIpc) is 1.96. The van der Waals surface area contributed by atoms with Gasteiger partial charge >= 0.3 is 0 Å². The van der Waals surface area contributed by atoms with Crippen LogP contribution in [-0.2, 0) is 0 Å². The molecule has 16 aromatic rings. The molecule has 0 aliphatic heterocycles. The molecule has 5 heteroatoms. The predicted octanol–water partition coefficient (Wildman–Crippen LogP) is 19.5. The fourth-order valence-corrected chi connectivity index (χ4v) is 18.5. The Hall–Kier alpha value is -11.5. The van der Waals surface area contributed by atoms with Crippen molar-refractivity contribution in [1.82, 2.24) is 9.13 Å². The Bertz CT molecular complexity index is 4800. The molecule has 0 bridgehead atoms. The summed E-state index contributed by atoms with van der Waals surface area (Å²) in [6.07, 6.45) is 0. The fraction of sp³-hybridized carbons (Fsp3) is 0. The quantitative estimate of drug-likeness (QED) is 0.0797. The van der Waals surface area contributed by atoms with E-state index in [2.05, 4.69) is 383 Å². The van der Waals surface area contributed by atoms with Crippen molar-refractivity contribution in [2.45, 2.75) is 0 Å². The number of rotatable bonds is 14. The maximum absolute atomic E-state index is 3.06. The van der Waals surface area contributed by atoms with Crippen LogP contribution in [0.4, 0.5) is 34.1 Å². The summed E-state index contributed by atoms with van der Waals surface area (Å²) in [6, 6.07) is 134. The predicted molar refractivity (Wildman–Crippen MR) is 379 cm³/mol. The van der Waals surface area contributed by atoms with E-state index in [1.807, 2.05) is 0 Å². The smallest absolute Gasteiger partial charge is 0.179 e. The summed E-state index contributed by atoms with van der Waals surface area (Å²) in [5.41, 5.74) is 18.2. The molecule has 0 aliphatic rings. The Morgan fingerprint density at radius 1 is 0.191 bits per heavy atom. The van der Waals surface area contributed by atoms with Crippen molar-refractivity contribution >= 4 is 107 Å². The Labute approximate surface area is 520 Å². The molecule has 16 rings (SSSR count). The highest BCUT2D eigenvalue weighted by atomic mass is 28.3. The number of para-hydroxylation sites is 4. The second kappa shape index (κ2) is 22.7. The number of nitrogens with zero attached hydrogens (tertiary/aromatic N) is 4. The molecule has 14 aromatic carbocycles. The number of benzene rings is 14. The number of aromatic nitrogens is 2.